The largest absolute Gasteiger partial charge is 0.310 e. The summed E-state index contributed by atoms with van der Waals surface area (Å²) in [7, 11) is 0. The lowest BCUT2D eigenvalue weighted by atomic mass is 9.48. The van der Waals surface area contributed by atoms with E-state index in [2.05, 4.69) is 304 Å². The third-order valence-electron chi connectivity index (χ3n) is 21.3. The fraction of sp³-hybridized carbons (Fsp3) is 0.286. The van der Waals surface area contributed by atoms with Gasteiger partial charge in [-0.15, -0.1) is 0 Å². The summed E-state index contributed by atoms with van der Waals surface area (Å²) in [6.45, 7) is 21.0. The molecule has 0 spiro atoms. The van der Waals surface area contributed by atoms with E-state index in [9.17, 15) is 0 Å². The highest BCUT2D eigenvalue weighted by Crippen LogP contribution is 2.63. The summed E-state index contributed by atoms with van der Waals surface area (Å²) >= 11 is 0. The minimum Gasteiger partial charge on any atom is -0.310 e. The number of hydrogen-bond donors (Lipinski definition) is 0. The quantitative estimate of drug-likeness (QED) is 0.139. The molecule has 0 heterocycles. The van der Waals surface area contributed by atoms with Crippen molar-refractivity contribution in [2.45, 2.75) is 133 Å². The highest BCUT2D eigenvalue weighted by Gasteiger charge is 2.52. The van der Waals surface area contributed by atoms with Crippen LogP contribution in [0.4, 0.5) is 17.1 Å². The zero-order valence-electron chi connectivity index (χ0n) is 51.4. The van der Waals surface area contributed by atoms with Crippen LogP contribution in [0.2, 0.25) is 0 Å². The monoisotopic (exact) mass is 1100 g/mol. The van der Waals surface area contributed by atoms with Gasteiger partial charge in [0.2, 0.25) is 0 Å². The number of hydrogen-bond acceptors (Lipinski definition) is 1. The third kappa shape index (κ3) is 8.44. The molecular weight excluding hydrogens is 1020 g/mol. The Kier molecular flexibility index (Phi) is 12.3. The maximum absolute atomic E-state index is 2.59. The van der Waals surface area contributed by atoms with E-state index in [1.165, 1.54) is 133 Å². The molecule has 0 aromatic heterocycles. The van der Waals surface area contributed by atoms with Crippen molar-refractivity contribution in [1.29, 1.82) is 0 Å². The Labute approximate surface area is 506 Å². The highest BCUT2D eigenvalue weighted by atomic mass is 15.1. The molecule has 16 rings (SSSR count). The first kappa shape index (κ1) is 53.7. The molecule has 4 bridgehead atoms. The van der Waals surface area contributed by atoms with Crippen LogP contribution in [-0.2, 0) is 32.5 Å². The molecule has 4 saturated carbocycles. The number of rotatable bonds is 9. The number of nitrogens with zero attached hydrogens (tertiary/aromatic N) is 1. The van der Waals surface area contributed by atoms with Crippen LogP contribution in [0.5, 0.6) is 0 Å². The van der Waals surface area contributed by atoms with Crippen molar-refractivity contribution in [3.63, 3.8) is 0 Å². The lowest BCUT2D eigenvalue weighted by Gasteiger charge is -2.57. The van der Waals surface area contributed by atoms with Crippen molar-refractivity contribution in [3.8, 4) is 33.4 Å². The molecule has 1 nitrogen and oxygen atoms in total. The van der Waals surface area contributed by atoms with Crippen molar-refractivity contribution >= 4 is 17.1 Å². The van der Waals surface area contributed by atoms with Crippen molar-refractivity contribution < 1.29 is 0 Å². The maximum Gasteiger partial charge on any atom is 0.0714 e. The van der Waals surface area contributed by atoms with E-state index in [1.54, 1.807) is 5.56 Å². The van der Waals surface area contributed by atoms with Gasteiger partial charge in [-0.1, -0.05) is 263 Å². The lowest BCUT2D eigenvalue weighted by Crippen LogP contribution is -2.48. The van der Waals surface area contributed by atoms with Crippen LogP contribution in [0.25, 0.3) is 33.4 Å². The minimum atomic E-state index is -0.584. The molecule has 6 aliphatic rings. The molecule has 85 heavy (non-hydrogen) atoms. The zero-order chi connectivity index (χ0) is 58.3. The molecule has 2 atom stereocenters. The van der Waals surface area contributed by atoms with Crippen LogP contribution in [-0.4, -0.2) is 0 Å². The Balaban J connectivity index is 0.964. The molecule has 0 aliphatic heterocycles. The topological polar surface area (TPSA) is 3.24 Å². The Morgan fingerprint density at radius 2 is 0.694 bits per heavy atom. The molecule has 0 saturated heterocycles. The van der Waals surface area contributed by atoms with Crippen molar-refractivity contribution in [3.05, 3.63) is 303 Å². The Bertz CT molecular complexity index is 4140. The van der Waals surface area contributed by atoms with Gasteiger partial charge in [-0.3, -0.25) is 0 Å². The van der Waals surface area contributed by atoms with E-state index >= 15 is 0 Å². The molecule has 2 unspecified atom stereocenters. The van der Waals surface area contributed by atoms with Gasteiger partial charge in [0.1, 0.15) is 0 Å². The number of fused-ring (bicyclic) bond motifs is 6. The van der Waals surface area contributed by atoms with Crippen LogP contribution in [0.15, 0.2) is 237 Å². The summed E-state index contributed by atoms with van der Waals surface area (Å²) in [5.41, 5.74) is 26.2. The summed E-state index contributed by atoms with van der Waals surface area (Å²) in [5.74, 6) is 2.72. The standard InChI is InChI=1S/C84H81N/c1-79(2,3)59-32-36-64(37-33-59)83(62-20-12-10-13-21-62)76-27-19-17-25-70(76)73-50-67(42-45-77(73)83)85(66-41-44-74(81(7,8)9)72(49-66)58-28-30-61(31-29-58)82-52-55-46-56(53-82)48-57(47-55)54-82)68-40-43-71-69-24-16-18-26-75(69)84(78(71)51-68,63-22-14-11-15-23-63)65-38-34-60(35-39-65)80(4,5)6/h10-45,49-51,55-57H,46-48,52-54H2,1-9H3. The van der Waals surface area contributed by atoms with E-state index in [4.69, 9.17) is 0 Å². The second-order valence-corrected chi connectivity index (χ2v) is 29.5. The molecule has 422 valence electrons. The van der Waals surface area contributed by atoms with Gasteiger partial charge < -0.3 is 4.90 Å². The van der Waals surface area contributed by atoms with Gasteiger partial charge >= 0.3 is 0 Å². The molecule has 10 aromatic carbocycles. The predicted octanol–water partition coefficient (Wildman–Crippen LogP) is 21.9. The maximum atomic E-state index is 2.59. The summed E-state index contributed by atoms with van der Waals surface area (Å²) < 4.78 is 0. The van der Waals surface area contributed by atoms with Gasteiger partial charge in [-0.25, -0.2) is 0 Å². The first-order valence-electron chi connectivity index (χ1n) is 31.8. The average molecular weight is 1100 g/mol. The van der Waals surface area contributed by atoms with Crippen LogP contribution >= 0.6 is 0 Å². The summed E-state index contributed by atoms with van der Waals surface area (Å²) in [6.07, 6.45) is 8.49. The smallest absolute Gasteiger partial charge is 0.0714 e. The molecule has 0 N–H and O–H groups in total. The van der Waals surface area contributed by atoms with Gasteiger partial charge in [0.15, 0.2) is 0 Å². The lowest BCUT2D eigenvalue weighted by molar-refractivity contribution is -0.00518. The van der Waals surface area contributed by atoms with Crippen LogP contribution in [0, 0.1) is 17.8 Å². The molecular formula is C84H81N. The Morgan fingerprint density at radius 3 is 1.20 bits per heavy atom. The average Bonchev–Trinajstić information content (AvgIpc) is 1.60. The second kappa shape index (κ2) is 19.5. The molecule has 0 amide bonds. The van der Waals surface area contributed by atoms with E-state index in [1.807, 2.05) is 0 Å². The normalized spacial score (nSPS) is 22.6. The highest BCUT2D eigenvalue weighted by molar-refractivity contribution is 5.93. The number of benzene rings is 10. The fourth-order valence-corrected chi connectivity index (χ4v) is 17.7. The third-order valence-corrected chi connectivity index (χ3v) is 21.3. The summed E-state index contributed by atoms with van der Waals surface area (Å²) in [4.78, 5) is 2.59. The predicted molar refractivity (Wildman–Crippen MR) is 357 cm³/mol. The molecule has 6 aliphatic carbocycles. The van der Waals surface area contributed by atoms with Gasteiger partial charge in [-0.05, 0) is 214 Å². The summed E-state index contributed by atoms with van der Waals surface area (Å²) in [5, 5.41) is 0. The molecule has 0 radical (unpaired) electrons. The fourth-order valence-electron chi connectivity index (χ4n) is 17.7. The molecule has 4 fully saturated rings. The molecule has 1 heteroatoms. The van der Waals surface area contributed by atoms with Gasteiger partial charge in [0.05, 0.1) is 10.8 Å². The van der Waals surface area contributed by atoms with E-state index in [0.717, 1.165) is 34.8 Å². The Morgan fingerprint density at radius 1 is 0.306 bits per heavy atom. The first-order chi connectivity index (χ1) is 40.9. The zero-order valence-corrected chi connectivity index (χ0v) is 51.4. The van der Waals surface area contributed by atoms with Crippen LogP contribution in [0.1, 0.15) is 168 Å². The van der Waals surface area contributed by atoms with Crippen molar-refractivity contribution in [1.82, 2.24) is 0 Å². The van der Waals surface area contributed by atoms with Crippen molar-refractivity contribution in [2.24, 2.45) is 17.8 Å². The van der Waals surface area contributed by atoms with Gasteiger partial charge in [0, 0.05) is 17.1 Å². The van der Waals surface area contributed by atoms with E-state index < -0.39 is 10.8 Å². The second-order valence-electron chi connectivity index (χ2n) is 29.5. The van der Waals surface area contributed by atoms with E-state index in [0.29, 0.717) is 5.41 Å². The van der Waals surface area contributed by atoms with Crippen molar-refractivity contribution in [2.75, 3.05) is 4.90 Å². The summed E-state index contributed by atoms with van der Waals surface area (Å²) in [6, 6.07) is 92.5. The molecule has 10 aromatic rings. The first-order valence-corrected chi connectivity index (χ1v) is 31.8. The van der Waals surface area contributed by atoms with E-state index in [-0.39, 0.29) is 16.2 Å². The van der Waals surface area contributed by atoms with Crippen LogP contribution in [0.3, 0.4) is 0 Å². The SMILES string of the molecule is CC(C)(C)c1ccc(C2(c3ccccc3)c3ccccc3-c3cc(N(c4ccc(C(C)(C)C)c(-c5ccc(C67CC8CC(CC(C8)C6)C7)cc5)c4)c4ccc5c(c4)C(c4ccccc4)(c4ccc(C(C)(C)C)cc4)c4ccccc4-5)ccc32)cc1. The minimum absolute atomic E-state index is 0.0173. The van der Waals surface area contributed by atoms with Gasteiger partial charge in [0.25, 0.3) is 0 Å². The Hall–Kier alpha value is -8.00. The number of anilines is 3. The van der Waals surface area contributed by atoms with Gasteiger partial charge in [-0.2, -0.15) is 0 Å². The van der Waals surface area contributed by atoms with Crippen LogP contribution < -0.4 is 4.90 Å².